The number of nitro groups is 1. The van der Waals surface area contributed by atoms with E-state index in [2.05, 4.69) is 16.9 Å². The average Bonchev–Trinajstić information content (AvgIpc) is 2.28. The molecule has 0 spiro atoms. The van der Waals surface area contributed by atoms with E-state index in [-0.39, 0.29) is 11.6 Å². The lowest BCUT2D eigenvalue weighted by Gasteiger charge is -2.07. The van der Waals surface area contributed by atoms with Crippen molar-refractivity contribution in [3.8, 4) is 5.88 Å². The van der Waals surface area contributed by atoms with Crippen molar-refractivity contribution in [2.24, 2.45) is 0 Å². The van der Waals surface area contributed by atoms with Gasteiger partial charge in [0.15, 0.2) is 0 Å². The van der Waals surface area contributed by atoms with E-state index in [1.807, 2.05) is 6.92 Å². The van der Waals surface area contributed by atoms with E-state index in [9.17, 15) is 10.1 Å². The number of anilines is 1. The van der Waals surface area contributed by atoms with Crippen LogP contribution in [0, 0.1) is 10.1 Å². The van der Waals surface area contributed by atoms with Gasteiger partial charge < -0.3 is 10.1 Å². The molecule has 0 aromatic carbocycles. The van der Waals surface area contributed by atoms with Crippen LogP contribution in [0.15, 0.2) is 24.3 Å². The Labute approximate surface area is 99.5 Å². The summed E-state index contributed by atoms with van der Waals surface area (Å²) in [6.45, 7) is 5.93. The summed E-state index contributed by atoms with van der Waals surface area (Å²) in [5.41, 5.74) is 0.822. The molecule has 1 heterocycles. The van der Waals surface area contributed by atoms with Crippen molar-refractivity contribution in [1.82, 2.24) is 4.98 Å². The quantitative estimate of drug-likeness (QED) is 0.467. The molecule has 17 heavy (non-hydrogen) atoms. The summed E-state index contributed by atoms with van der Waals surface area (Å²) in [5.74, 6) is 0.559. The van der Waals surface area contributed by atoms with Crippen molar-refractivity contribution in [3.63, 3.8) is 0 Å². The number of pyridine rings is 1. The molecule has 0 aliphatic rings. The Balaban J connectivity index is 2.85. The zero-order chi connectivity index (χ0) is 12.8. The number of hydrogen-bond donors (Lipinski definition) is 1. The van der Waals surface area contributed by atoms with Crippen molar-refractivity contribution in [2.45, 2.75) is 13.3 Å². The van der Waals surface area contributed by atoms with Crippen LogP contribution < -0.4 is 10.1 Å². The molecule has 0 aliphatic heterocycles. The highest BCUT2D eigenvalue weighted by Gasteiger charge is 2.17. The van der Waals surface area contributed by atoms with Gasteiger partial charge in [0, 0.05) is 19.5 Å². The summed E-state index contributed by atoms with van der Waals surface area (Å²) in [5, 5.41) is 13.6. The van der Waals surface area contributed by atoms with E-state index < -0.39 is 4.92 Å². The Kier molecular flexibility index (Phi) is 4.45. The van der Waals surface area contributed by atoms with Crippen LogP contribution >= 0.6 is 0 Å². The molecule has 6 nitrogen and oxygen atoms in total. The maximum Gasteiger partial charge on any atom is 0.331 e. The lowest BCUT2D eigenvalue weighted by Crippen LogP contribution is -2.04. The molecule has 92 valence electrons. The fourth-order valence-corrected chi connectivity index (χ4v) is 1.14. The van der Waals surface area contributed by atoms with Crippen LogP contribution in [0.4, 0.5) is 11.5 Å². The van der Waals surface area contributed by atoms with E-state index in [1.54, 1.807) is 7.05 Å². The van der Waals surface area contributed by atoms with Gasteiger partial charge in [0.25, 0.3) is 5.88 Å². The Morgan fingerprint density at radius 3 is 2.88 bits per heavy atom. The molecule has 0 radical (unpaired) electrons. The first-order valence-electron chi connectivity index (χ1n) is 5.15. The van der Waals surface area contributed by atoms with Crippen LogP contribution in [0.5, 0.6) is 5.88 Å². The fraction of sp³-hybridized carbons (Fsp3) is 0.364. The second-order valence-electron chi connectivity index (χ2n) is 3.58. The second kappa shape index (κ2) is 5.83. The maximum absolute atomic E-state index is 10.8. The van der Waals surface area contributed by atoms with Gasteiger partial charge in [-0.3, -0.25) is 10.1 Å². The summed E-state index contributed by atoms with van der Waals surface area (Å²) in [6.07, 6.45) is 0.641. The largest absolute Gasteiger partial charge is 0.472 e. The number of nitrogens with zero attached hydrogens (tertiary/aromatic N) is 2. The zero-order valence-electron chi connectivity index (χ0n) is 9.90. The zero-order valence-corrected chi connectivity index (χ0v) is 9.90. The summed E-state index contributed by atoms with van der Waals surface area (Å²) in [7, 11) is 1.69. The molecule has 1 rings (SSSR count). The van der Waals surface area contributed by atoms with E-state index in [4.69, 9.17) is 4.74 Å². The first-order valence-corrected chi connectivity index (χ1v) is 5.15. The van der Waals surface area contributed by atoms with Crippen LogP contribution in [0.25, 0.3) is 0 Å². The van der Waals surface area contributed by atoms with Gasteiger partial charge in [-0.2, -0.15) is 4.98 Å². The number of ether oxygens (including phenoxy) is 1. The van der Waals surface area contributed by atoms with Gasteiger partial charge in [0.05, 0.1) is 11.5 Å². The molecule has 1 N–H and O–H groups in total. The summed E-state index contributed by atoms with van der Waals surface area (Å²) < 4.78 is 5.30. The van der Waals surface area contributed by atoms with Crippen LogP contribution in [0.1, 0.15) is 13.3 Å². The highest BCUT2D eigenvalue weighted by Crippen LogP contribution is 2.26. The van der Waals surface area contributed by atoms with Gasteiger partial charge in [-0.05, 0) is 13.0 Å². The van der Waals surface area contributed by atoms with Gasteiger partial charge in [0.1, 0.15) is 5.82 Å². The highest BCUT2D eigenvalue weighted by molar-refractivity contribution is 5.48. The van der Waals surface area contributed by atoms with Crippen molar-refractivity contribution in [1.29, 1.82) is 0 Å². The molecular weight excluding hydrogens is 222 g/mol. The minimum atomic E-state index is -0.511. The third-order valence-electron chi connectivity index (χ3n) is 2.06. The van der Waals surface area contributed by atoms with E-state index in [0.717, 1.165) is 5.57 Å². The van der Waals surface area contributed by atoms with Crippen molar-refractivity contribution < 1.29 is 9.66 Å². The molecular formula is C11H15N3O3. The lowest BCUT2D eigenvalue weighted by molar-refractivity contribution is -0.386. The number of rotatable bonds is 6. The van der Waals surface area contributed by atoms with Crippen molar-refractivity contribution in [2.75, 3.05) is 19.0 Å². The van der Waals surface area contributed by atoms with Gasteiger partial charge in [-0.15, -0.1) is 6.58 Å². The summed E-state index contributed by atoms with van der Waals surface area (Å²) >= 11 is 0. The Bertz CT molecular complexity index is 432. The average molecular weight is 237 g/mol. The molecule has 0 saturated heterocycles. The van der Waals surface area contributed by atoms with E-state index in [0.29, 0.717) is 18.8 Å². The second-order valence-corrected chi connectivity index (χ2v) is 3.58. The van der Waals surface area contributed by atoms with Crippen molar-refractivity contribution >= 4 is 11.5 Å². The molecule has 1 aromatic heterocycles. The Hall–Kier alpha value is -2.11. The summed E-state index contributed by atoms with van der Waals surface area (Å²) in [4.78, 5) is 14.3. The molecule has 0 saturated carbocycles. The fourth-order valence-electron chi connectivity index (χ4n) is 1.14. The minimum absolute atomic E-state index is 0.0306. The smallest absolute Gasteiger partial charge is 0.331 e. The van der Waals surface area contributed by atoms with Gasteiger partial charge in [-0.1, -0.05) is 5.57 Å². The standard InChI is InChI=1S/C11H15N3O3/c1-8(2)6-7-17-11-9(14(15)16)4-5-10(12-3)13-11/h4-5H,1,6-7H2,2-3H3,(H,12,13). The van der Waals surface area contributed by atoms with Crippen molar-refractivity contribution in [3.05, 3.63) is 34.4 Å². The molecule has 0 aliphatic carbocycles. The van der Waals surface area contributed by atoms with Crippen LogP contribution in [0.3, 0.4) is 0 Å². The number of aromatic nitrogens is 1. The first kappa shape index (κ1) is 13.0. The first-order chi connectivity index (χ1) is 8.04. The highest BCUT2D eigenvalue weighted by atomic mass is 16.6. The predicted molar refractivity (Wildman–Crippen MR) is 65.4 cm³/mol. The normalized spacial score (nSPS) is 9.76. The molecule has 6 heteroatoms. The van der Waals surface area contributed by atoms with Gasteiger partial charge in [-0.25, -0.2) is 0 Å². The van der Waals surface area contributed by atoms with Crippen LogP contribution in [-0.2, 0) is 0 Å². The molecule has 0 fully saturated rings. The minimum Gasteiger partial charge on any atom is -0.472 e. The Morgan fingerprint density at radius 2 is 2.35 bits per heavy atom. The molecule has 0 atom stereocenters. The third-order valence-corrected chi connectivity index (χ3v) is 2.06. The summed E-state index contributed by atoms with van der Waals surface area (Å²) in [6, 6.07) is 2.90. The van der Waals surface area contributed by atoms with Crippen LogP contribution in [0.2, 0.25) is 0 Å². The number of hydrogen-bond acceptors (Lipinski definition) is 5. The van der Waals surface area contributed by atoms with E-state index >= 15 is 0 Å². The topological polar surface area (TPSA) is 77.3 Å². The maximum atomic E-state index is 10.8. The predicted octanol–water partition coefficient (Wildman–Crippen LogP) is 2.38. The molecule has 0 amide bonds. The van der Waals surface area contributed by atoms with E-state index in [1.165, 1.54) is 12.1 Å². The van der Waals surface area contributed by atoms with Gasteiger partial charge >= 0.3 is 5.69 Å². The number of nitrogens with one attached hydrogen (secondary N) is 1. The van der Waals surface area contributed by atoms with Crippen LogP contribution in [-0.4, -0.2) is 23.6 Å². The van der Waals surface area contributed by atoms with Gasteiger partial charge in [0.2, 0.25) is 0 Å². The molecule has 1 aromatic rings. The SMILES string of the molecule is C=C(C)CCOc1nc(NC)ccc1[N+](=O)[O-]. The monoisotopic (exact) mass is 237 g/mol. The molecule has 0 bridgehead atoms. The third kappa shape index (κ3) is 3.75. The lowest BCUT2D eigenvalue weighted by atomic mass is 10.3. The molecule has 0 unspecified atom stereocenters. The Morgan fingerprint density at radius 1 is 1.65 bits per heavy atom.